The van der Waals surface area contributed by atoms with Crippen molar-refractivity contribution in [2.45, 2.75) is 12.8 Å². The molecule has 0 aliphatic carbocycles. The number of likely N-dealkylation sites (tertiary alicyclic amines) is 1. The van der Waals surface area contributed by atoms with Crippen molar-refractivity contribution in [2.75, 3.05) is 37.3 Å². The lowest BCUT2D eigenvalue weighted by molar-refractivity contribution is 0.238. The van der Waals surface area contributed by atoms with Crippen LogP contribution < -0.4 is 21.3 Å². The molecule has 1 saturated heterocycles. The minimum atomic E-state index is -0.209. The number of nitrogen functional groups attached to an aromatic ring is 1. The van der Waals surface area contributed by atoms with Crippen molar-refractivity contribution in [3.05, 3.63) is 59.0 Å². The van der Waals surface area contributed by atoms with Crippen molar-refractivity contribution in [1.29, 1.82) is 0 Å². The van der Waals surface area contributed by atoms with E-state index in [1.165, 1.54) is 25.9 Å². The van der Waals surface area contributed by atoms with Gasteiger partial charge in [0.05, 0.1) is 17.1 Å². The Morgan fingerprint density at radius 3 is 2.71 bits per heavy atom. The first-order valence-electron chi connectivity index (χ1n) is 10.5. The van der Waals surface area contributed by atoms with Gasteiger partial charge in [-0.2, -0.15) is 0 Å². The van der Waals surface area contributed by atoms with Crippen LogP contribution in [0, 0.1) is 0 Å². The van der Waals surface area contributed by atoms with Gasteiger partial charge in [0.2, 0.25) is 5.95 Å². The van der Waals surface area contributed by atoms with E-state index >= 15 is 0 Å². The molecule has 2 aromatic carbocycles. The van der Waals surface area contributed by atoms with Crippen molar-refractivity contribution < 1.29 is 4.74 Å². The van der Waals surface area contributed by atoms with Crippen LogP contribution in [-0.2, 0) is 0 Å². The Morgan fingerprint density at radius 1 is 1.10 bits per heavy atom. The Balaban J connectivity index is 1.32. The van der Waals surface area contributed by atoms with Crippen LogP contribution in [0.5, 0.6) is 5.75 Å². The molecule has 31 heavy (non-hydrogen) atoms. The third-order valence-electron chi connectivity index (χ3n) is 5.57. The van der Waals surface area contributed by atoms with Gasteiger partial charge in [0.1, 0.15) is 17.9 Å². The quantitative estimate of drug-likeness (QED) is 0.327. The molecule has 0 amide bonds. The van der Waals surface area contributed by atoms with E-state index in [9.17, 15) is 4.79 Å². The number of rotatable bonds is 6. The van der Waals surface area contributed by atoms with Crippen LogP contribution in [0.4, 0.5) is 17.3 Å². The maximum absolute atomic E-state index is 12.3. The average molecular weight is 416 g/mol. The summed E-state index contributed by atoms with van der Waals surface area (Å²) in [4.78, 5) is 26.5. The molecule has 1 fully saturated rings. The summed E-state index contributed by atoms with van der Waals surface area (Å²) in [5.41, 5.74) is 8.25. The Bertz CT molecular complexity index is 1280. The highest BCUT2D eigenvalue weighted by Crippen LogP contribution is 2.23. The molecule has 4 aromatic rings. The van der Waals surface area contributed by atoms with E-state index in [1.807, 2.05) is 30.3 Å². The van der Waals surface area contributed by atoms with Crippen LogP contribution in [0.25, 0.3) is 21.8 Å². The normalized spacial score (nSPS) is 14.3. The van der Waals surface area contributed by atoms with E-state index in [4.69, 9.17) is 10.5 Å². The SMILES string of the molecule is Nc1ccc2c(c1)c(=O)[nH]c1cnc(Nc3ccc(OCCN4CCCC4)cc3)nc12. The molecular formula is C23H24N6O2. The molecule has 0 radical (unpaired) electrons. The number of benzene rings is 2. The van der Waals surface area contributed by atoms with Gasteiger partial charge in [-0.3, -0.25) is 9.69 Å². The number of nitrogens with two attached hydrogens (primary N) is 1. The number of pyridine rings is 1. The minimum Gasteiger partial charge on any atom is -0.492 e. The van der Waals surface area contributed by atoms with Crippen LogP contribution in [0.15, 0.2) is 53.5 Å². The molecule has 0 saturated carbocycles. The summed E-state index contributed by atoms with van der Waals surface area (Å²) in [5.74, 6) is 1.28. The second-order valence-electron chi connectivity index (χ2n) is 7.76. The third-order valence-corrected chi connectivity index (χ3v) is 5.57. The maximum atomic E-state index is 12.3. The van der Waals surface area contributed by atoms with Crippen LogP contribution in [0.2, 0.25) is 0 Å². The highest BCUT2D eigenvalue weighted by molar-refractivity contribution is 6.03. The second kappa shape index (κ2) is 8.23. The summed E-state index contributed by atoms with van der Waals surface area (Å²) in [6, 6.07) is 13.0. The molecule has 2 aromatic heterocycles. The number of nitrogens with zero attached hydrogens (tertiary/aromatic N) is 3. The summed E-state index contributed by atoms with van der Waals surface area (Å²) in [6.07, 6.45) is 4.19. The lowest BCUT2D eigenvalue weighted by Crippen LogP contribution is -2.25. The summed E-state index contributed by atoms with van der Waals surface area (Å²) >= 11 is 0. The fourth-order valence-electron chi connectivity index (χ4n) is 3.95. The Kier molecular flexibility index (Phi) is 5.13. The Labute approximate surface area is 179 Å². The number of hydrogen-bond acceptors (Lipinski definition) is 7. The first-order chi connectivity index (χ1) is 15.2. The number of aromatic amines is 1. The van der Waals surface area contributed by atoms with E-state index in [-0.39, 0.29) is 5.56 Å². The van der Waals surface area contributed by atoms with Crippen molar-refractivity contribution in [3.63, 3.8) is 0 Å². The van der Waals surface area contributed by atoms with Gasteiger partial charge in [-0.1, -0.05) is 0 Å². The summed E-state index contributed by atoms with van der Waals surface area (Å²) < 4.78 is 5.86. The predicted molar refractivity (Wildman–Crippen MR) is 123 cm³/mol. The zero-order valence-corrected chi connectivity index (χ0v) is 17.1. The number of H-pyrrole nitrogens is 1. The standard InChI is InChI=1S/C23H24N6O2/c24-15-3-8-18-19(13-15)22(30)27-20-14-25-23(28-21(18)20)26-16-4-6-17(7-5-16)31-12-11-29-9-1-2-10-29/h3-8,13-14H,1-2,9-12,24H2,(H,27,30)(H,25,26,28). The molecule has 8 heteroatoms. The molecule has 158 valence electrons. The summed E-state index contributed by atoms with van der Waals surface area (Å²) in [5, 5.41) is 4.46. The smallest absolute Gasteiger partial charge is 0.256 e. The molecule has 0 atom stereocenters. The molecular weight excluding hydrogens is 392 g/mol. The van der Waals surface area contributed by atoms with Gasteiger partial charge in [0, 0.05) is 23.3 Å². The van der Waals surface area contributed by atoms with E-state index < -0.39 is 0 Å². The van der Waals surface area contributed by atoms with Crippen molar-refractivity contribution in [3.8, 4) is 5.75 Å². The fourth-order valence-corrected chi connectivity index (χ4v) is 3.95. The molecule has 8 nitrogen and oxygen atoms in total. The number of nitrogens with one attached hydrogen (secondary N) is 2. The Morgan fingerprint density at radius 2 is 1.90 bits per heavy atom. The second-order valence-corrected chi connectivity index (χ2v) is 7.76. The molecule has 0 spiro atoms. The largest absolute Gasteiger partial charge is 0.492 e. The number of ether oxygens (including phenoxy) is 1. The van der Waals surface area contributed by atoms with Crippen LogP contribution in [-0.4, -0.2) is 46.1 Å². The molecule has 0 bridgehead atoms. The van der Waals surface area contributed by atoms with Gasteiger partial charge in [-0.15, -0.1) is 0 Å². The number of anilines is 3. The highest BCUT2D eigenvalue weighted by Gasteiger charge is 2.11. The summed E-state index contributed by atoms with van der Waals surface area (Å²) in [6.45, 7) is 4.01. The van der Waals surface area contributed by atoms with E-state index in [0.717, 1.165) is 23.4 Å². The highest BCUT2D eigenvalue weighted by atomic mass is 16.5. The fraction of sp³-hybridized carbons (Fsp3) is 0.261. The maximum Gasteiger partial charge on any atom is 0.256 e. The van der Waals surface area contributed by atoms with Crippen molar-refractivity contribution in [2.24, 2.45) is 0 Å². The minimum absolute atomic E-state index is 0.209. The van der Waals surface area contributed by atoms with Gasteiger partial charge in [-0.05, 0) is 68.4 Å². The first kappa shape index (κ1) is 19.3. The van der Waals surface area contributed by atoms with Gasteiger partial charge in [0.25, 0.3) is 5.56 Å². The van der Waals surface area contributed by atoms with E-state index in [2.05, 4.69) is 25.2 Å². The molecule has 0 unspecified atom stereocenters. The zero-order valence-electron chi connectivity index (χ0n) is 17.1. The van der Waals surface area contributed by atoms with E-state index in [1.54, 1.807) is 18.3 Å². The molecule has 5 rings (SSSR count). The van der Waals surface area contributed by atoms with Crippen LogP contribution >= 0.6 is 0 Å². The topological polar surface area (TPSA) is 109 Å². The van der Waals surface area contributed by atoms with Gasteiger partial charge >= 0.3 is 0 Å². The van der Waals surface area contributed by atoms with Crippen LogP contribution in [0.1, 0.15) is 12.8 Å². The summed E-state index contributed by atoms with van der Waals surface area (Å²) in [7, 11) is 0. The molecule has 1 aliphatic heterocycles. The lowest BCUT2D eigenvalue weighted by Gasteiger charge is -2.15. The van der Waals surface area contributed by atoms with Crippen molar-refractivity contribution in [1.82, 2.24) is 19.9 Å². The van der Waals surface area contributed by atoms with Crippen molar-refractivity contribution >= 4 is 39.1 Å². The first-order valence-corrected chi connectivity index (χ1v) is 10.5. The van der Waals surface area contributed by atoms with E-state index in [0.29, 0.717) is 34.7 Å². The molecule has 3 heterocycles. The Hall–Kier alpha value is -3.65. The number of hydrogen-bond donors (Lipinski definition) is 3. The van der Waals surface area contributed by atoms with Crippen LogP contribution in [0.3, 0.4) is 0 Å². The molecule has 4 N–H and O–H groups in total. The number of aromatic nitrogens is 3. The molecule has 1 aliphatic rings. The monoisotopic (exact) mass is 416 g/mol. The third kappa shape index (κ3) is 4.15. The average Bonchev–Trinajstić information content (AvgIpc) is 3.29. The lowest BCUT2D eigenvalue weighted by atomic mass is 10.1. The predicted octanol–water partition coefficient (Wildman–Crippen LogP) is 3.27. The number of fused-ring (bicyclic) bond motifs is 3. The zero-order chi connectivity index (χ0) is 21.2. The van der Waals surface area contributed by atoms with Gasteiger partial charge in [-0.25, -0.2) is 9.97 Å². The van der Waals surface area contributed by atoms with Gasteiger partial charge in [0.15, 0.2) is 0 Å². The van der Waals surface area contributed by atoms with Gasteiger partial charge < -0.3 is 20.8 Å².